The average molecular weight is 300 g/mol. The van der Waals surface area contributed by atoms with Crippen LogP contribution in [0.1, 0.15) is 19.4 Å². The summed E-state index contributed by atoms with van der Waals surface area (Å²) < 4.78 is 23.1. The molecule has 0 aliphatic heterocycles. The fourth-order valence-corrected chi connectivity index (χ4v) is 2.87. The van der Waals surface area contributed by atoms with Gasteiger partial charge >= 0.3 is 0 Å². The fraction of sp³-hybridized carbons (Fsp3) is 0.538. The first kappa shape index (κ1) is 16.6. The zero-order valence-corrected chi connectivity index (χ0v) is 12.9. The van der Waals surface area contributed by atoms with Gasteiger partial charge in [-0.1, -0.05) is 18.2 Å². The van der Waals surface area contributed by atoms with Crippen LogP contribution in [0.2, 0.25) is 0 Å². The van der Waals surface area contributed by atoms with Crippen LogP contribution in [0.25, 0.3) is 0 Å². The molecule has 112 valence electrons. The Morgan fingerprint density at radius 3 is 2.35 bits per heavy atom. The second kappa shape index (κ2) is 6.32. The molecule has 1 rings (SSSR count). The quantitative estimate of drug-likeness (QED) is 0.591. The van der Waals surface area contributed by atoms with Crippen molar-refractivity contribution in [2.45, 2.75) is 31.7 Å². The average Bonchev–Trinajstić information content (AvgIpc) is 2.36. The first-order valence-corrected chi connectivity index (χ1v) is 8.21. The lowest BCUT2D eigenvalue weighted by Crippen LogP contribution is -2.40. The number of hydrogen-bond donors (Lipinski definition) is 0. The van der Waals surface area contributed by atoms with E-state index in [1.54, 1.807) is 39.1 Å². The highest BCUT2D eigenvalue weighted by molar-refractivity contribution is 7.91. The van der Waals surface area contributed by atoms with Gasteiger partial charge in [-0.2, -0.15) is 0 Å². The van der Waals surface area contributed by atoms with Crippen LogP contribution in [-0.4, -0.2) is 42.8 Å². The molecule has 0 N–H and O–H groups in total. The van der Waals surface area contributed by atoms with Gasteiger partial charge in [0.1, 0.15) is 0 Å². The lowest BCUT2D eigenvalue weighted by Gasteiger charge is -2.28. The van der Waals surface area contributed by atoms with Crippen molar-refractivity contribution in [1.82, 2.24) is 4.90 Å². The Morgan fingerprint density at radius 2 is 1.85 bits per heavy atom. The van der Waals surface area contributed by atoms with Crippen molar-refractivity contribution in [3.63, 3.8) is 0 Å². The molecule has 0 fully saturated rings. The molecular weight excluding hydrogens is 280 g/mol. The Bertz CT molecular complexity index is 586. The number of hydrogen-bond acceptors (Lipinski definition) is 5. The summed E-state index contributed by atoms with van der Waals surface area (Å²) in [6.07, 6.45) is 1.20. The fourth-order valence-electron chi connectivity index (χ4n) is 1.95. The van der Waals surface area contributed by atoms with Crippen LogP contribution >= 0.6 is 0 Å². The third-order valence-electron chi connectivity index (χ3n) is 3.66. The van der Waals surface area contributed by atoms with E-state index in [9.17, 15) is 18.5 Å². The minimum absolute atomic E-state index is 0.0542. The zero-order chi connectivity index (χ0) is 15.5. The maximum absolute atomic E-state index is 11.6. The monoisotopic (exact) mass is 300 g/mol. The highest BCUT2D eigenvalue weighted by Crippen LogP contribution is 2.21. The SMILES string of the molecule is C[C@H]([C@@H](C)S(C)(=O)=O)N(C)Cc1ccccc1[N+](=O)[O-]. The molecule has 0 radical (unpaired) electrons. The Balaban J connectivity index is 2.91. The minimum Gasteiger partial charge on any atom is -0.298 e. The molecule has 0 unspecified atom stereocenters. The van der Waals surface area contributed by atoms with Gasteiger partial charge in [0, 0.05) is 30.5 Å². The van der Waals surface area contributed by atoms with E-state index in [0.29, 0.717) is 12.1 Å². The largest absolute Gasteiger partial charge is 0.298 e. The maximum atomic E-state index is 11.6. The minimum atomic E-state index is -3.14. The number of nitrogens with zero attached hydrogens (tertiary/aromatic N) is 2. The van der Waals surface area contributed by atoms with Crippen molar-refractivity contribution in [3.8, 4) is 0 Å². The molecule has 0 saturated heterocycles. The van der Waals surface area contributed by atoms with Crippen LogP contribution in [0.15, 0.2) is 24.3 Å². The Labute approximate surface area is 119 Å². The summed E-state index contributed by atoms with van der Waals surface area (Å²) in [7, 11) is -1.37. The molecule has 0 aromatic heterocycles. The van der Waals surface area contributed by atoms with Crippen LogP contribution in [0.5, 0.6) is 0 Å². The predicted molar refractivity (Wildman–Crippen MR) is 78.3 cm³/mol. The number of rotatable bonds is 6. The van der Waals surface area contributed by atoms with E-state index < -0.39 is 20.0 Å². The van der Waals surface area contributed by atoms with Crippen LogP contribution < -0.4 is 0 Å². The van der Waals surface area contributed by atoms with Crippen LogP contribution in [-0.2, 0) is 16.4 Å². The van der Waals surface area contributed by atoms with Gasteiger partial charge in [-0.15, -0.1) is 0 Å². The first-order valence-electron chi connectivity index (χ1n) is 6.26. The van der Waals surface area contributed by atoms with Crippen molar-refractivity contribution in [2.24, 2.45) is 0 Å². The van der Waals surface area contributed by atoms with E-state index in [2.05, 4.69) is 0 Å². The summed E-state index contributed by atoms with van der Waals surface area (Å²) in [4.78, 5) is 12.3. The molecule has 0 aliphatic rings. The Hall–Kier alpha value is -1.47. The predicted octanol–water partition coefficient (Wildman–Crippen LogP) is 1.85. The standard InChI is InChI=1S/C13H20N2O4S/c1-10(11(2)20(4,18)19)14(3)9-12-7-5-6-8-13(12)15(16)17/h5-8,10-11H,9H2,1-4H3/t10-,11-/m1/s1. The molecule has 2 atom stereocenters. The van der Waals surface area contributed by atoms with Crippen molar-refractivity contribution in [1.29, 1.82) is 0 Å². The second-order valence-corrected chi connectivity index (χ2v) is 7.48. The number of nitro groups is 1. The number of para-hydroxylation sites is 1. The van der Waals surface area contributed by atoms with Gasteiger partial charge in [-0.05, 0) is 20.9 Å². The molecule has 0 heterocycles. The third-order valence-corrected chi connectivity index (χ3v) is 5.40. The molecule has 0 amide bonds. The summed E-state index contributed by atoms with van der Waals surface area (Å²) in [5, 5.41) is 10.4. The first-order chi connectivity index (χ1) is 9.14. The molecule has 0 saturated carbocycles. The topological polar surface area (TPSA) is 80.5 Å². The van der Waals surface area contributed by atoms with E-state index in [-0.39, 0.29) is 11.7 Å². The highest BCUT2D eigenvalue weighted by Gasteiger charge is 2.26. The summed E-state index contributed by atoms with van der Waals surface area (Å²) in [6, 6.07) is 6.26. The van der Waals surface area contributed by atoms with E-state index in [4.69, 9.17) is 0 Å². The van der Waals surface area contributed by atoms with Gasteiger partial charge in [-0.25, -0.2) is 8.42 Å². The molecular formula is C13H20N2O4S. The van der Waals surface area contributed by atoms with Crippen LogP contribution in [0.3, 0.4) is 0 Å². The van der Waals surface area contributed by atoms with Gasteiger partial charge in [0.15, 0.2) is 9.84 Å². The lowest BCUT2D eigenvalue weighted by molar-refractivity contribution is -0.385. The number of benzene rings is 1. The van der Waals surface area contributed by atoms with Gasteiger partial charge in [0.25, 0.3) is 5.69 Å². The molecule has 6 nitrogen and oxygen atoms in total. The molecule has 7 heteroatoms. The smallest absolute Gasteiger partial charge is 0.273 e. The summed E-state index contributed by atoms with van der Waals surface area (Å²) in [6.45, 7) is 3.79. The third kappa shape index (κ3) is 4.01. The molecule has 20 heavy (non-hydrogen) atoms. The molecule has 0 aliphatic carbocycles. The van der Waals surface area contributed by atoms with Crippen molar-refractivity contribution in [2.75, 3.05) is 13.3 Å². The normalized spacial score (nSPS) is 15.1. The van der Waals surface area contributed by atoms with Crippen molar-refractivity contribution < 1.29 is 13.3 Å². The molecule has 0 spiro atoms. The summed E-state index contributed by atoms with van der Waals surface area (Å²) in [5.41, 5.74) is 0.631. The van der Waals surface area contributed by atoms with Gasteiger partial charge < -0.3 is 0 Å². The van der Waals surface area contributed by atoms with Gasteiger partial charge in [-0.3, -0.25) is 15.0 Å². The van der Waals surface area contributed by atoms with E-state index in [0.717, 1.165) is 0 Å². The zero-order valence-electron chi connectivity index (χ0n) is 12.1. The van der Waals surface area contributed by atoms with Gasteiger partial charge in [0.05, 0.1) is 10.2 Å². The number of nitro benzene ring substituents is 1. The Kier molecular flexibility index (Phi) is 5.24. The van der Waals surface area contributed by atoms with Gasteiger partial charge in [0.2, 0.25) is 0 Å². The molecule has 1 aromatic rings. The van der Waals surface area contributed by atoms with E-state index >= 15 is 0 Å². The lowest BCUT2D eigenvalue weighted by atomic mass is 10.1. The highest BCUT2D eigenvalue weighted by atomic mass is 32.2. The Morgan fingerprint density at radius 1 is 1.30 bits per heavy atom. The maximum Gasteiger partial charge on any atom is 0.273 e. The molecule has 1 aromatic carbocycles. The number of sulfone groups is 1. The van der Waals surface area contributed by atoms with E-state index in [1.165, 1.54) is 12.3 Å². The summed E-state index contributed by atoms with van der Waals surface area (Å²) >= 11 is 0. The van der Waals surface area contributed by atoms with E-state index in [1.807, 2.05) is 4.90 Å². The van der Waals surface area contributed by atoms with Crippen molar-refractivity contribution >= 4 is 15.5 Å². The van der Waals surface area contributed by atoms with Crippen LogP contribution in [0, 0.1) is 10.1 Å². The summed E-state index contributed by atoms with van der Waals surface area (Å²) in [5.74, 6) is 0. The van der Waals surface area contributed by atoms with Crippen LogP contribution in [0.4, 0.5) is 5.69 Å². The molecule has 0 bridgehead atoms. The van der Waals surface area contributed by atoms with Crippen molar-refractivity contribution in [3.05, 3.63) is 39.9 Å². The second-order valence-electron chi connectivity index (χ2n) is 5.08.